The minimum absolute atomic E-state index is 0.0359. The van der Waals surface area contributed by atoms with Crippen molar-refractivity contribution in [1.29, 1.82) is 0 Å². The molecule has 1 aliphatic heterocycles. The summed E-state index contributed by atoms with van der Waals surface area (Å²) in [5, 5.41) is 9.36. The van der Waals surface area contributed by atoms with Crippen LogP contribution in [-0.2, 0) is 4.79 Å². The van der Waals surface area contributed by atoms with Crippen LogP contribution in [0.5, 0.6) is 0 Å². The van der Waals surface area contributed by atoms with E-state index in [1.807, 2.05) is 25.7 Å². The molecule has 1 amide bonds. The first kappa shape index (κ1) is 17.4. The van der Waals surface area contributed by atoms with Gasteiger partial charge in [0, 0.05) is 45.3 Å². The van der Waals surface area contributed by atoms with Gasteiger partial charge in [0.1, 0.15) is 0 Å². The minimum atomic E-state index is -0.0359. The van der Waals surface area contributed by atoms with Crippen LogP contribution in [0.1, 0.15) is 34.1 Å². The zero-order valence-corrected chi connectivity index (χ0v) is 13.5. The van der Waals surface area contributed by atoms with Crippen LogP contribution in [0.3, 0.4) is 0 Å². The number of amides is 1. The lowest BCUT2D eigenvalue weighted by atomic mass is 10.1. The molecule has 0 aromatic heterocycles. The molecule has 1 N–H and O–H groups in total. The van der Waals surface area contributed by atoms with Gasteiger partial charge in [0.05, 0.1) is 12.6 Å². The Labute approximate surface area is 123 Å². The number of hydrogen-bond donors (Lipinski definition) is 1. The van der Waals surface area contributed by atoms with Crippen LogP contribution in [0.15, 0.2) is 0 Å². The van der Waals surface area contributed by atoms with E-state index in [1.165, 1.54) is 0 Å². The Balaban J connectivity index is 2.50. The van der Waals surface area contributed by atoms with Crippen molar-refractivity contribution in [2.75, 3.05) is 45.9 Å². The number of likely N-dealkylation sites (N-methyl/N-ethyl adjacent to an activating group) is 1. The Morgan fingerprint density at radius 3 is 2.00 bits per heavy atom. The van der Waals surface area contributed by atoms with Crippen molar-refractivity contribution in [2.24, 2.45) is 0 Å². The molecule has 1 fully saturated rings. The average Bonchev–Trinajstić information content (AvgIpc) is 2.49. The van der Waals surface area contributed by atoms with Gasteiger partial charge >= 0.3 is 0 Å². The van der Waals surface area contributed by atoms with E-state index in [0.29, 0.717) is 0 Å². The first-order chi connectivity index (χ1) is 9.58. The largest absolute Gasteiger partial charge is 0.395 e. The quantitative estimate of drug-likeness (QED) is 0.745. The molecule has 5 heteroatoms. The highest BCUT2D eigenvalue weighted by Gasteiger charge is 2.29. The van der Waals surface area contributed by atoms with Crippen molar-refractivity contribution < 1.29 is 9.90 Å². The molecule has 0 spiro atoms. The number of carbonyl (C=O) groups is 1. The molecule has 0 bridgehead atoms. The number of piperazine rings is 1. The topological polar surface area (TPSA) is 47.0 Å². The zero-order valence-electron chi connectivity index (χ0n) is 13.5. The van der Waals surface area contributed by atoms with Gasteiger partial charge in [-0.05, 0) is 27.2 Å². The van der Waals surface area contributed by atoms with Crippen LogP contribution >= 0.6 is 0 Å². The molecule has 1 saturated heterocycles. The molecule has 5 nitrogen and oxygen atoms in total. The van der Waals surface area contributed by atoms with Crippen LogP contribution in [0.25, 0.3) is 0 Å². The zero-order chi connectivity index (χ0) is 15.1. The van der Waals surface area contributed by atoms with Crippen molar-refractivity contribution in [3.05, 3.63) is 0 Å². The Hall–Kier alpha value is -0.650. The van der Waals surface area contributed by atoms with Gasteiger partial charge in [-0.15, -0.1) is 0 Å². The maximum Gasteiger partial charge on any atom is 0.239 e. The van der Waals surface area contributed by atoms with Crippen LogP contribution in [0.2, 0.25) is 0 Å². The summed E-state index contributed by atoms with van der Waals surface area (Å²) in [7, 11) is 0. The second-order valence-electron chi connectivity index (χ2n) is 5.50. The van der Waals surface area contributed by atoms with Gasteiger partial charge in [-0.3, -0.25) is 14.6 Å². The van der Waals surface area contributed by atoms with Crippen molar-refractivity contribution >= 4 is 5.91 Å². The molecule has 0 aromatic rings. The maximum atomic E-state index is 12.4. The molecule has 0 saturated carbocycles. The molecule has 118 valence electrons. The summed E-state index contributed by atoms with van der Waals surface area (Å²) >= 11 is 0. The maximum absolute atomic E-state index is 12.4. The lowest BCUT2D eigenvalue weighted by Crippen LogP contribution is -2.56. The number of hydrogen-bond acceptors (Lipinski definition) is 4. The molecular weight excluding hydrogens is 254 g/mol. The van der Waals surface area contributed by atoms with E-state index in [0.717, 1.165) is 45.7 Å². The summed E-state index contributed by atoms with van der Waals surface area (Å²) in [6.45, 7) is 13.7. The lowest BCUT2D eigenvalue weighted by Gasteiger charge is -2.41. The van der Waals surface area contributed by atoms with Crippen molar-refractivity contribution in [2.45, 2.75) is 46.2 Å². The summed E-state index contributed by atoms with van der Waals surface area (Å²) in [5.41, 5.74) is 0. The van der Waals surface area contributed by atoms with E-state index in [2.05, 4.69) is 16.7 Å². The van der Waals surface area contributed by atoms with Crippen molar-refractivity contribution in [3.8, 4) is 0 Å². The Morgan fingerprint density at radius 1 is 1.10 bits per heavy atom. The van der Waals surface area contributed by atoms with Crippen LogP contribution in [0.4, 0.5) is 0 Å². The molecule has 0 aliphatic carbocycles. The van der Waals surface area contributed by atoms with Crippen LogP contribution < -0.4 is 0 Å². The molecule has 1 heterocycles. The van der Waals surface area contributed by atoms with Crippen LogP contribution in [0, 0.1) is 0 Å². The molecule has 0 aromatic carbocycles. The molecule has 1 rings (SSSR count). The smallest absolute Gasteiger partial charge is 0.239 e. The van der Waals surface area contributed by atoms with Crippen molar-refractivity contribution in [3.63, 3.8) is 0 Å². The van der Waals surface area contributed by atoms with E-state index in [-0.39, 0.29) is 24.6 Å². The number of aliphatic hydroxyl groups excluding tert-OH is 1. The first-order valence-electron chi connectivity index (χ1n) is 7.96. The lowest BCUT2D eigenvalue weighted by molar-refractivity contribution is -0.136. The van der Waals surface area contributed by atoms with Gasteiger partial charge in [-0.2, -0.15) is 0 Å². The van der Waals surface area contributed by atoms with Gasteiger partial charge in [0.15, 0.2) is 0 Å². The fourth-order valence-corrected chi connectivity index (χ4v) is 2.95. The van der Waals surface area contributed by atoms with Gasteiger partial charge in [0.2, 0.25) is 5.91 Å². The predicted molar refractivity (Wildman–Crippen MR) is 81.7 cm³/mol. The average molecular weight is 285 g/mol. The second-order valence-corrected chi connectivity index (χ2v) is 5.50. The van der Waals surface area contributed by atoms with E-state index in [4.69, 9.17) is 0 Å². The highest BCUT2D eigenvalue weighted by molar-refractivity contribution is 5.81. The summed E-state index contributed by atoms with van der Waals surface area (Å²) in [6, 6.07) is 0.234. The molecule has 20 heavy (non-hydrogen) atoms. The summed E-state index contributed by atoms with van der Waals surface area (Å²) < 4.78 is 0. The normalized spacial score (nSPS) is 20.6. The molecule has 1 aliphatic rings. The number of aliphatic hydroxyl groups is 1. The summed E-state index contributed by atoms with van der Waals surface area (Å²) in [5.74, 6) is 0.234. The molecule has 0 radical (unpaired) electrons. The van der Waals surface area contributed by atoms with E-state index in [9.17, 15) is 9.90 Å². The van der Waals surface area contributed by atoms with Gasteiger partial charge in [-0.1, -0.05) is 6.92 Å². The van der Waals surface area contributed by atoms with Crippen molar-refractivity contribution in [1.82, 2.24) is 14.7 Å². The predicted octanol–water partition coefficient (Wildman–Crippen LogP) is 0.632. The Morgan fingerprint density at radius 2 is 1.60 bits per heavy atom. The van der Waals surface area contributed by atoms with Gasteiger partial charge < -0.3 is 10.0 Å². The fourth-order valence-electron chi connectivity index (χ4n) is 2.95. The minimum Gasteiger partial charge on any atom is -0.395 e. The summed E-state index contributed by atoms with van der Waals surface area (Å²) in [4.78, 5) is 18.9. The Bertz CT molecular complexity index is 283. The first-order valence-corrected chi connectivity index (χ1v) is 7.96. The summed E-state index contributed by atoms with van der Waals surface area (Å²) in [6.07, 6.45) is 0.977. The molecule has 2 unspecified atom stereocenters. The monoisotopic (exact) mass is 285 g/mol. The molecular formula is C15H31N3O2. The number of nitrogens with zero attached hydrogens (tertiary/aromatic N) is 3. The van der Waals surface area contributed by atoms with E-state index < -0.39 is 0 Å². The number of carbonyl (C=O) groups excluding carboxylic acids is 1. The van der Waals surface area contributed by atoms with Crippen LogP contribution in [-0.4, -0.2) is 83.7 Å². The SMILES string of the molecule is CCC(CO)N1CCN(C(C)C(=O)N(CC)CC)CC1. The Kier molecular flexibility index (Phi) is 7.48. The third-order valence-electron chi connectivity index (χ3n) is 4.53. The van der Waals surface area contributed by atoms with Gasteiger partial charge in [-0.25, -0.2) is 0 Å². The van der Waals surface area contributed by atoms with E-state index >= 15 is 0 Å². The second kappa shape index (κ2) is 8.60. The third-order valence-corrected chi connectivity index (χ3v) is 4.53. The highest BCUT2D eigenvalue weighted by Crippen LogP contribution is 2.12. The number of rotatable bonds is 7. The molecule has 2 atom stereocenters. The van der Waals surface area contributed by atoms with Gasteiger partial charge in [0.25, 0.3) is 0 Å². The standard InChI is InChI=1S/C15H31N3O2/c1-5-14(12-19)18-10-8-17(9-11-18)13(4)15(20)16(6-2)7-3/h13-14,19H,5-12H2,1-4H3. The fraction of sp³-hybridized carbons (Fsp3) is 0.933. The third kappa shape index (κ3) is 4.17. The highest BCUT2D eigenvalue weighted by atomic mass is 16.3. The van der Waals surface area contributed by atoms with E-state index in [1.54, 1.807) is 0 Å².